The smallest absolute Gasteiger partial charge is 0.219 e. The molecule has 122 valence electrons. The lowest BCUT2D eigenvalue weighted by molar-refractivity contribution is 0.988. The maximum absolute atomic E-state index is 4.78. The van der Waals surface area contributed by atoms with Crippen LogP contribution < -0.4 is 0 Å². The summed E-state index contributed by atoms with van der Waals surface area (Å²) in [6.45, 7) is 0. The molecule has 0 bridgehead atoms. The zero-order valence-electron chi connectivity index (χ0n) is 13.6. The van der Waals surface area contributed by atoms with Gasteiger partial charge in [-0.05, 0) is 18.2 Å². The summed E-state index contributed by atoms with van der Waals surface area (Å²) in [5.74, 6) is 1.34. The highest BCUT2D eigenvalue weighted by Crippen LogP contribution is 2.38. The third-order valence-electron chi connectivity index (χ3n) is 4.72. The third kappa shape index (κ3) is 1.86. The van der Waals surface area contributed by atoms with E-state index in [9.17, 15) is 0 Å². The van der Waals surface area contributed by atoms with E-state index < -0.39 is 0 Å². The van der Waals surface area contributed by atoms with Crippen molar-refractivity contribution < 1.29 is 0 Å². The van der Waals surface area contributed by atoms with Crippen LogP contribution in [0.5, 0.6) is 0 Å². The molecule has 3 aromatic heterocycles. The van der Waals surface area contributed by atoms with E-state index in [1.54, 1.807) is 11.3 Å². The lowest BCUT2D eigenvalue weighted by Gasteiger charge is -1.98. The van der Waals surface area contributed by atoms with Crippen molar-refractivity contribution in [2.75, 3.05) is 0 Å². The Labute approximate surface area is 152 Å². The van der Waals surface area contributed by atoms with Crippen molar-refractivity contribution in [3.05, 3.63) is 72.9 Å². The highest BCUT2D eigenvalue weighted by Gasteiger charge is 2.15. The Balaban J connectivity index is 1.69. The van der Waals surface area contributed by atoms with E-state index in [-0.39, 0.29) is 0 Å². The Morgan fingerprint density at radius 1 is 0.808 bits per heavy atom. The minimum Gasteiger partial charge on any atom is -0.219 e. The van der Waals surface area contributed by atoms with Gasteiger partial charge in [0.1, 0.15) is 0 Å². The fraction of sp³-hybridized carbons (Fsp3) is 0. The zero-order chi connectivity index (χ0) is 17.1. The molecule has 0 fully saturated rings. The SMILES string of the molecule is c1ccc2c(c1)cnc1nc(-c3cccc4c3sc3ccccc34)nn12. The Morgan fingerprint density at radius 2 is 1.65 bits per heavy atom. The molecule has 0 spiro atoms. The predicted molar refractivity (Wildman–Crippen MR) is 107 cm³/mol. The van der Waals surface area contributed by atoms with Gasteiger partial charge in [-0.25, -0.2) is 4.98 Å². The van der Waals surface area contributed by atoms with Gasteiger partial charge in [0, 0.05) is 37.3 Å². The maximum atomic E-state index is 4.78. The third-order valence-corrected chi connectivity index (χ3v) is 5.94. The number of nitrogens with zero attached hydrogens (tertiary/aromatic N) is 4. The van der Waals surface area contributed by atoms with Crippen molar-refractivity contribution in [3.8, 4) is 11.4 Å². The van der Waals surface area contributed by atoms with Crippen molar-refractivity contribution in [2.45, 2.75) is 0 Å². The molecule has 0 radical (unpaired) electrons. The first kappa shape index (κ1) is 13.9. The van der Waals surface area contributed by atoms with Crippen molar-refractivity contribution in [1.82, 2.24) is 19.6 Å². The van der Waals surface area contributed by atoms with Crippen LogP contribution in [0, 0.1) is 0 Å². The van der Waals surface area contributed by atoms with E-state index in [4.69, 9.17) is 10.1 Å². The molecule has 0 unspecified atom stereocenters. The van der Waals surface area contributed by atoms with Gasteiger partial charge >= 0.3 is 0 Å². The number of hydrogen-bond acceptors (Lipinski definition) is 4. The summed E-state index contributed by atoms with van der Waals surface area (Å²) < 4.78 is 4.33. The highest BCUT2D eigenvalue weighted by molar-refractivity contribution is 7.26. The molecule has 0 atom stereocenters. The van der Waals surface area contributed by atoms with E-state index in [1.165, 1.54) is 20.2 Å². The van der Waals surface area contributed by atoms with Crippen molar-refractivity contribution in [2.24, 2.45) is 0 Å². The summed E-state index contributed by atoms with van der Waals surface area (Å²) in [6, 6.07) is 22.9. The van der Waals surface area contributed by atoms with Gasteiger partial charge in [0.25, 0.3) is 5.78 Å². The molecule has 5 heteroatoms. The molecule has 0 aliphatic carbocycles. The van der Waals surface area contributed by atoms with Crippen LogP contribution in [0.2, 0.25) is 0 Å². The molecule has 3 aromatic carbocycles. The van der Waals surface area contributed by atoms with E-state index in [2.05, 4.69) is 47.4 Å². The Bertz CT molecular complexity index is 1440. The van der Waals surface area contributed by atoms with Gasteiger partial charge < -0.3 is 0 Å². The number of hydrogen-bond donors (Lipinski definition) is 0. The van der Waals surface area contributed by atoms with Gasteiger partial charge in [-0.3, -0.25) is 0 Å². The van der Waals surface area contributed by atoms with E-state index >= 15 is 0 Å². The summed E-state index contributed by atoms with van der Waals surface area (Å²) in [6.07, 6.45) is 1.85. The number of thiophene rings is 1. The van der Waals surface area contributed by atoms with Crippen LogP contribution in [0.25, 0.3) is 48.2 Å². The molecule has 3 heterocycles. The standard InChI is InChI=1S/C21H12N4S/c1-3-10-17-13(6-1)12-22-21-23-20(24-25(17)21)16-9-5-8-15-14-7-2-4-11-18(14)26-19(15)16/h1-12H. The first-order chi connectivity index (χ1) is 12.9. The Hall–Kier alpha value is -3.31. The minimum atomic E-state index is 0.622. The Kier molecular flexibility index (Phi) is 2.73. The molecule has 6 aromatic rings. The van der Waals surface area contributed by atoms with E-state index in [0.717, 1.165) is 16.5 Å². The van der Waals surface area contributed by atoms with E-state index in [1.807, 2.05) is 35.0 Å². The first-order valence-corrected chi connectivity index (χ1v) is 9.21. The fourth-order valence-electron chi connectivity index (χ4n) is 3.50. The number of para-hydroxylation sites is 1. The topological polar surface area (TPSA) is 43.1 Å². The van der Waals surface area contributed by atoms with Gasteiger partial charge in [-0.1, -0.05) is 48.5 Å². The molecule has 6 rings (SSSR count). The molecule has 0 aliphatic heterocycles. The molecule has 0 amide bonds. The van der Waals surface area contributed by atoms with Crippen molar-refractivity contribution in [1.29, 1.82) is 0 Å². The quantitative estimate of drug-likeness (QED) is 0.403. The molecule has 26 heavy (non-hydrogen) atoms. The van der Waals surface area contributed by atoms with Gasteiger partial charge in [0.05, 0.1) is 5.52 Å². The van der Waals surface area contributed by atoms with Crippen LogP contribution >= 0.6 is 11.3 Å². The van der Waals surface area contributed by atoms with Crippen LogP contribution in [0.3, 0.4) is 0 Å². The van der Waals surface area contributed by atoms with Crippen LogP contribution in [-0.2, 0) is 0 Å². The van der Waals surface area contributed by atoms with Crippen LogP contribution in [0.15, 0.2) is 72.9 Å². The lowest BCUT2D eigenvalue weighted by Crippen LogP contribution is -1.92. The Morgan fingerprint density at radius 3 is 2.65 bits per heavy atom. The predicted octanol–water partition coefficient (Wildman–Crippen LogP) is 5.31. The van der Waals surface area contributed by atoms with E-state index in [0.29, 0.717) is 11.6 Å². The van der Waals surface area contributed by atoms with Gasteiger partial charge in [0.2, 0.25) is 0 Å². The number of rotatable bonds is 1. The van der Waals surface area contributed by atoms with Crippen molar-refractivity contribution >= 4 is 48.2 Å². The minimum absolute atomic E-state index is 0.622. The normalized spacial score (nSPS) is 11.8. The summed E-state index contributed by atoms with van der Waals surface area (Å²) in [4.78, 5) is 9.17. The molecular formula is C21H12N4S. The molecule has 0 saturated heterocycles. The molecule has 0 aliphatic rings. The second kappa shape index (κ2) is 5.09. The summed E-state index contributed by atoms with van der Waals surface area (Å²) in [7, 11) is 0. The molecule has 0 saturated carbocycles. The first-order valence-electron chi connectivity index (χ1n) is 8.40. The van der Waals surface area contributed by atoms with Crippen LogP contribution in [0.1, 0.15) is 0 Å². The van der Waals surface area contributed by atoms with Crippen LogP contribution in [-0.4, -0.2) is 19.6 Å². The number of aromatic nitrogens is 4. The molecule has 0 N–H and O–H groups in total. The summed E-state index contributed by atoms with van der Waals surface area (Å²) >= 11 is 1.79. The van der Waals surface area contributed by atoms with Gasteiger partial charge in [0.15, 0.2) is 5.82 Å². The monoisotopic (exact) mass is 352 g/mol. The second-order valence-electron chi connectivity index (χ2n) is 6.24. The molecule has 4 nitrogen and oxygen atoms in total. The number of benzene rings is 3. The maximum Gasteiger partial charge on any atom is 0.253 e. The number of fused-ring (bicyclic) bond motifs is 6. The second-order valence-corrected chi connectivity index (χ2v) is 7.30. The average Bonchev–Trinajstić information content (AvgIpc) is 3.29. The zero-order valence-corrected chi connectivity index (χ0v) is 14.4. The highest BCUT2D eigenvalue weighted by atomic mass is 32.1. The average molecular weight is 352 g/mol. The van der Waals surface area contributed by atoms with Crippen molar-refractivity contribution in [3.63, 3.8) is 0 Å². The van der Waals surface area contributed by atoms with Gasteiger partial charge in [-0.2, -0.15) is 9.50 Å². The largest absolute Gasteiger partial charge is 0.253 e. The van der Waals surface area contributed by atoms with Crippen LogP contribution in [0.4, 0.5) is 0 Å². The fourth-order valence-corrected chi connectivity index (χ4v) is 4.71. The summed E-state index contributed by atoms with van der Waals surface area (Å²) in [5.41, 5.74) is 2.07. The lowest BCUT2D eigenvalue weighted by atomic mass is 10.1. The molecular weight excluding hydrogens is 340 g/mol. The summed E-state index contributed by atoms with van der Waals surface area (Å²) in [5, 5.41) is 8.36. The van der Waals surface area contributed by atoms with Gasteiger partial charge in [-0.15, -0.1) is 16.4 Å².